The van der Waals surface area contributed by atoms with E-state index in [1.165, 1.54) is 6.07 Å². The van der Waals surface area contributed by atoms with Crippen LogP contribution in [0.3, 0.4) is 0 Å². The largest absolute Gasteiger partial charge is 0.493 e. The van der Waals surface area contributed by atoms with Gasteiger partial charge in [0.15, 0.2) is 0 Å². The number of aromatic nitrogens is 2. The van der Waals surface area contributed by atoms with Gasteiger partial charge in [0.25, 0.3) is 5.56 Å². The highest BCUT2D eigenvalue weighted by Crippen LogP contribution is 2.32. The van der Waals surface area contributed by atoms with E-state index in [4.69, 9.17) is 14.2 Å². The van der Waals surface area contributed by atoms with Crippen LogP contribution in [0.4, 0.5) is 20.2 Å². The van der Waals surface area contributed by atoms with Gasteiger partial charge >= 0.3 is 0 Å². The third kappa shape index (κ3) is 8.41. The Hall–Kier alpha value is -4.11. The van der Waals surface area contributed by atoms with Gasteiger partial charge in [-0.3, -0.25) is 19.4 Å². The van der Waals surface area contributed by atoms with Crippen molar-refractivity contribution in [1.82, 2.24) is 25.1 Å². The first-order valence-electron chi connectivity index (χ1n) is 19.6. The number of nitrogens with zero attached hydrogens (tertiary/aromatic N) is 4. The van der Waals surface area contributed by atoms with Gasteiger partial charge in [-0.25, -0.2) is 13.8 Å². The van der Waals surface area contributed by atoms with Crippen molar-refractivity contribution < 1.29 is 27.8 Å². The summed E-state index contributed by atoms with van der Waals surface area (Å²) in [5.41, 5.74) is 1.70. The van der Waals surface area contributed by atoms with Gasteiger partial charge < -0.3 is 34.7 Å². The number of likely N-dealkylation sites (tertiary alicyclic amines) is 2. The van der Waals surface area contributed by atoms with Gasteiger partial charge in [0.1, 0.15) is 35.2 Å². The van der Waals surface area contributed by atoms with Crippen LogP contribution in [0.1, 0.15) is 57.2 Å². The average Bonchev–Trinajstić information content (AvgIpc) is 3.15. The second kappa shape index (κ2) is 16.3. The molecule has 5 fully saturated rings. The van der Waals surface area contributed by atoms with E-state index >= 15 is 8.78 Å². The predicted octanol–water partition coefficient (Wildman–Crippen LogP) is 4.55. The zero-order chi connectivity index (χ0) is 37.2. The third-order valence-corrected chi connectivity index (χ3v) is 11.9. The van der Waals surface area contributed by atoms with Crippen LogP contribution in [0.25, 0.3) is 10.9 Å². The fourth-order valence-electron chi connectivity index (χ4n) is 8.62. The molecule has 12 nitrogen and oxygen atoms in total. The first-order valence-corrected chi connectivity index (χ1v) is 19.6. The summed E-state index contributed by atoms with van der Waals surface area (Å²) in [6, 6.07) is 9.22. The fourth-order valence-corrected chi connectivity index (χ4v) is 8.62. The molecule has 8 rings (SSSR count). The molecule has 290 valence electrons. The minimum absolute atomic E-state index is 0.0276. The number of ether oxygens (including phenoxy) is 3. The maximum absolute atomic E-state index is 15.2. The van der Waals surface area contributed by atoms with Crippen LogP contribution in [0.2, 0.25) is 0 Å². The SMILES string of the molecule is C=C1NC(=O)CCC1Nc1ccc(N2CCC(N3CC(N4CCC(COc5cc(F)c6c(=O)[nH]c(COC7CCOCC7)nc6c5)CC4)C3)CC2)c(F)c1. The van der Waals surface area contributed by atoms with E-state index < -0.39 is 11.4 Å². The summed E-state index contributed by atoms with van der Waals surface area (Å²) in [7, 11) is 0. The van der Waals surface area contributed by atoms with E-state index in [0.29, 0.717) is 79.3 Å². The lowest BCUT2D eigenvalue weighted by Crippen LogP contribution is -2.64. The molecule has 1 unspecified atom stereocenters. The summed E-state index contributed by atoms with van der Waals surface area (Å²) in [6.45, 7) is 11.7. The zero-order valence-corrected chi connectivity index (χ0v) is 30.8. The summed E-state index contributed by atoms with van der Waals surface area (Å²) in [5, 5.41) is 6.00. The van der Waals surface area contributed by atoms with E-state index in [2.05, 4.69) is 41.9 Å². The Morgan fingerprint density at radius 3 is 2.43 bits per heavy atom. The van der Waals surface area contributed by atoms with E-state index in [0.717, 1.165) is 77.8 Å². The molecule has 5 aliphatic heterocycles. The quantitative estimate of drug-likeness (QED) is 0.258. The Labute approximate surface area is 314 Å². The number of H-pyrrole nitrogens is 1. The van der Waals surface area contributed by atoms with Crippen LogP contribution in [0.15, 0.2) is 47.4 Å². The molecule has 5 aliphatic rings. The van der Waals surface area contributed by atoms with Crippen molar-refractivity contribution in [3.8, 4) is 5.75 Å². The lowest BCUT2D eigenvalue weighted by molar-refractivity contribution is -0.121. The molecule has 3 aromatic rings. The number of fused-ring (bicyclic) bond motifs is 1. The minimum atomic E-state index is -0.641. The molecule has 6 heterocycles. The zero-order valence-electron chi connectivity index (χ0n) is 30.8. The van der Waals surface area contributed by atoms with Gasteiger partial charge in [-0.1, -0.05) is 6.58 Å². The number of piperidine rings is 3. The molecule has 14 heteroatoms. The van der Waals surface area contributed by atoms with Gasteiger partial charge in [-0.05, 0) is 82.2 Å². The number of hydrogen-bond donors (Lipinski definition) is 3. The molecule has 1 amide bonds. The molecule has 54 heavy (non-hydrogen) atoms. The summed E-state index contributed by atoms with van der Waals surface area (Å²) < 4.78 is 47.6. The molecular formula is C40H51F2N7O5. The van der Waals surface area contributed by atoms with Gasteiger partial charge in [0, 0.05) is 81.4 Å². The molecule has 1 aromatic heterocycles. The van der Waals surface area contributed by atoms with Gasteiger partial charge in [-0.15, -0.1) is 0 Å². The van der Waals surface area contributed by atoms with Crippen LogP contribution in [0.5, 0.6) is 5.75 Å². The normalized spacial score (nSPS) is 23.1. The molecule has 3 N–H and O–H groups in total. The van der Waals surface area contributed by atoms with Crippen molar-refractivity contribution in [3.05, 3.63) is 70.4 Å². The van der Waals surface area contributed by atoms with Crippen LogP contribution in [0, 0.1) is 17.6 Å². The summed E-state index contributed by atoms with van der Waals surface area (Å²) in [4.78, 5) is 38.8. The number of rotatable bonds is 11. The van der Waals surface area contributed by atoms with Crippen molar-refractivity contribution in [2.45, 2.75) is 82.2 Å². The average molecular weight is 748 g/mol. The Balaban J connectivity index is 0.756. The summed E-state index contributed by atoms with van der Waals surface area (Å²) in [5.74, 6) is 0.220. The molecule has 5 saturated heterocycles. The van der Waals surface area contributed by atoms with Gasteiger partial charge in [-0.2, -0.15) is 0 Å². The second-order valence-corrected chi connectivity index (χ2v) is 15.5. The Morgan fingerprint density at radius 1 is 0.907 bits per heavy atom. The van der Waals surface area contributed by atoms with Gasteiger partial charge in [0.2, 0.25) is 5.91 Å². The molecule has 0 spiro atoms. The lowest BCUT2D eigenvalue weighted by atomic mass is 9.92. The van der Waals surface area contributed by atoms with E-state index in [9.17, 15) is 9.59 Å². The van der Waals surface area contributed by atoms with Crippen molar-refractivity contribution in [2.75, 3.05) is 69.3 Å². The number of aromatic amines is 1. The number of nitrogens with one attached hydrogen (secondary N) is 3. The number of halogens is 2. The molecular weight excluding hydrogens is 696 g/mol. The molecule has 1 atom stereocenters. The standard InChI is InChI=1S/C40H51F2N7O5/c1-25-34(3-5-38(50)43-25)44-27-2-4-36(32(41)18-27)48-14-8-28(9-15-48)49-21-29(22-49)47-12-6-26(7-13-47)23-53-31-19-33(42)39-35(20-31)45-37(46-40(39)51)24-54-30-10-16-52-17-11-30/h2,4,18-20,26,28-30,34,44H,1,3,5-17,21-24H2,(H,43,50)(H,45,46,51). The van der Waals surface area contributed by atoms with E-state index in [1.807, 2.05) is 12.1 Å². The van der Waals surface area contributed by atoms with E-state index in [-0.39, 0.29) is 41.4 Å². The number of carbonyl (C=O) groups is 1. The van der Waals surface area contributed by atoms with E-state index in [1.54, 1.807) is 12.1 Å². The van der Waals surface area contributed by atoms with Gasteiger partial charge in [0.05, 0.1) is 30.0 Å². The van der Waals surface area contributed by atoms with Crippen LogP contribution >= 0.6 is 0 Å². The van der Waals surface area contributed by atoms with Crippen molar-refractivity contribution in [2.24, 2.45) is 5.92 Å². The second-order valence-electron chi connectivity index (χ2n) is 15.5. The molecule has 0 radical (unpaired) electrons. The molecule has 0 bridgehead atoms. The van der Waals surface area contributed by atoms with Crippen molar-refractivity contribution in [3.63, 3.8) is 0 Å². The predicted molar refractivity (Wildman–Crippen MR) is 202 cm³/mol. The molecule has 0 aliphatic carbocycles. The molecule has 2 aromatic carbocycles. The fraction of sp³-hybridized carbons (Fsp3) is 0.575. The highest BCUT2D eigenvalue weighted by molar-refractivity contribution is 5.80. The topological polar surface area (TPSA) is 124 Å². The van der Waals surface area contributed by atoms with Crippen LogP contribution < -0.4 is 25.8 Å². The molecule has 0 saturated carbocycles. The Kier molecular flexibility index (Phi) is 11.1. The third-order valence-electron chi connectivity index (χ3n) is 11.9. The highest BCUT2D eigenvalue weighted by Gasteiger charge is 2.38. The number of carbonyl (C=O) groups excluding carboxylic acids is 1. The van der Waals surface area contributed by atoms with Crippen LogP contribution in [-0.4, -0.2) is 109 Å². The number of anilines is 2. The maximum Gasteiger partial charge on any atom is 0.261 e. The van der Waals surface area contributed by atoms with Crippen molar-refractivity contribution in [1.29, 1.82) is 0 Å². The Morgan fingerprint density at radius 2 is 1.69 bits per heavy atom. The minimum Gasteiger partial charge on any atom is -0.493 e. The Bertz CT molecular complexity index is 1880. The summed E-state index contributed by atoms with van der Waals surface area (Å²) >= 11 is 0. The first kappa shape index (κ1) is 36.8. The number of benzene rings is 2. The monoisotopic (exact) mass is 747 g/mol. The number of hydrogen-bond acceptors (Lipinski definition) is 10. The number of amides is 1. The maximum atomic E-state index is 15.2. The van der Waals surface area contributed by atoms with Crippen molar-refractivity contribution >= 4 is 28.2 Å². The highest BCUT2D eigenvalue weighted by atomic mass is 19.1. The first-order chi connectivity index (χ1) is 26.3. The van der Waals surface area contributed by atoms with Crippen LogP contribution in [-0.2, 0) is 20.9 Å². The smallest absolute Gasteiger partial charge is 0.261 e. The lowest BCUT2D eigenvalue weighted by Gasteiger charge is -2.52. The summed E-state index contributed by atoms with van der Waals surface area (Å²) in [6.07, 6.45) is 6.77.